The number of likely N-dealkylation sites (N-methyl/N-ethyl adjacent to an activating group) is 1. The first-order valence-corrected chi connectivity index (χ1v) is 9.02. The summed E-state index contributed by atoms with van der Waals surface area (Å²) in [6.45, 7) is 4.32. The van der Waals surface area contributed by atoms with Crippen molar-refractivity contribution in [2.24, 2.45) is 10.7 Å². The first kappa shape index (κ1) is 23.7. The maximum atomic E-state index is 12.7. The summed E-state index contributed by atoms with van der Waals surface area (Å²) in [6, 6.07) is 5.44. The molecule has 1 aromatic carbocycles. The standard InChI is InChI=1S/C18H28F2N4O2.HI/c1-3-24-10-6-8-14(24)12-23-18(21)22-11-13-7-5-9-15(25-4-2)16(13)26-17(19)20;/h5,7,9,14,17H,3-4,6,8,10-12H2,1-2H3,(H3,21,22,23);1H. The Bertz CT molecular complexity index is 605. The lowest BCUT2D eigenvalue weighted by atomic mass is 10.2. The monoisotopic (exact) mass is 498 g/mol. The molecule has 0 aliphatic carbocycles. The van der Waals surface area contributed by atoms with Crippen molar-refractivity contribution in [3.63, 3.8) is 0 Å². The van der Waals surface area contributed by atoms with E-state index < -0.39 is 6.61 Å². The van der Waals surface area contributed by atoms with Crippen molar-refractivity contribution in [1.29, 1.82) is 0 Å². The van der Waals surface area contributed by atoms with Gasteiger partial charge in [0.2, 0.25) is 0 Å². The maximum absolute atomic E-state index is 12.7. The molecule has 0 saturated carbocycles. The van der Waals surface area contributed by atoms with Gasteiger partial charge in [0.1, 0.15) is 0 Å². The minimum atomic E-state index is -2.93. The molecule has 9 heteroatoms. The lowest BCUT2D eigenvalue weighted by molar-refractivity contribution is -0.0520. The van der Waals surface area contributed by atoms with E-state index in [2.05, 4.69) is 26.9 Å². The first-order valence-electron chi connectivity index (χ1n) is 9.02. The van der Waals surface area contributed by atoms with E-state index in [4.69, 9.17) is 10.5 Å². The van der Waals surface area contributed by atoms with Gasteiger partial charge >= 0.3 is 6.61 Å². The Morgan fingerprint density at radius 2 is 2.19 bits per heavy atom. The molecule has 0 radical (unpaired) electrons. The van der Waals surface area contributed by atoms with Crippen LogP contribution in [0.2, 0.25) is 0 Å². The molecule has 6 nitrogen and oxygen atoms in total. The van der Waals surface area contributed by atoms with Crippen molar-refractivity contribution in [2.45, 2.75) is 45.9 Å². The van der Waals surface area contributed by atoms with Gasteiger partial charge in [0.05, 0.1) is 13.2 Å². The number of likely N-dealkylation sites (tertiary alicyclic amines) is 1. The third-order valence-electron chi connectivity index (χ3n) is 4.41. The Kier molecular flexibility index (Phi) is 10.7. The van der Waals surface area contributed by atoms with Crippen LogP contribution in [0.25, 0.3) is 0 Å². The van der Waals surface area contributed by atoms with Gasteiger partial charge in [-0.2, -0.15) is 8.78 Å². The lowest BCUT2D eigenvalue weighted by Crippen LogP contribution is -2.42. The molecule has 0 spiro atoms. The quantitative estimate of drug-likeness (QED) is 0.311. The Labute approximate surface area is 176 Å². The van der Waals surface area contributed by atoms with Crippen LogP contribution in [0.1, 0.15) is 32.3 Å². The van der Waals surface area contributed by atoms with Gasteiger partial charge < -0.3 is 20.5 Å². The molecule has 2 rings (SSSR count). The van der Waals surface area contributed by atoms with Crippen molar-refractivity contribution in [1.82, 2.24) is 10.2 Å². The summed E-state index contributed by atoms with van der Waals surface area (Å²) in [5.74, 6) is 0.572. The fourth-order valence-corrected chi connectivity index (χ4v) is 3.17. The van der Waals surface area contributed by atoms with Gasteiger partial charge in [-0.25, -0.2) is 4.99 Å². The molecule has 1 fully saturated rings. The highest BCUT2D eigenvalue weighted by atomic mass is 127. The van der Waals surface area contributed by atoms with Gasteiger partial charge in [-0.05, 0) is 38.9 Å². The number of nitrogens with zero attached hydrogens (tertiary/aromatic N) is 2. The maximum Gasteiger partial charge on any atom is 0.387 e. The van der Waals surface area contributed by atoms with Gasteiger partial charge in [0.15, 0.2) is 17.5 Å². The number of para-hydroxylation sites is 1. The summed E-state index contributed by atoms with van der Waals surface area (Å²) in [6.07, 6.45) is 2.33. The smallest absolute Gasteiger partial charge is 0.387 e. The highest BCUT2D eigenvalue weighted by Gasteiger charge is 2.22. The summed E-state index contributed by atoms with van der Waals surface area (Å²) < 4.78 is 35.5. The molecule has 1 unspecified atom stereocenters. The molecule has 27 heavy (non-hydrogen) atoms. The van der Waals surface area contributed by atoms with Gasteiger partial charge in [0, 0.05) is 18.2 Å². The Morgan fingerprint density at radius 3 is 2.85 bits per heavy atom. The third kappa shape index (κ3) is 7.28. The van der Waals surface area contributed by atoms with Crippen molar-refractivity contribution >= 4 is 29.9 Å². The molecule has 1 heterocycles. The lowest BCUT2D eigenvalue weighted by Gasteiger charge is -2.23. The number of hydrogen-bond donors (Lipinski definition) is 2. The summed E-state index contributed by atoms with van der Waals surface area (Å²) in [5, 5.41) is 3.13. The molecule has 0 aromatic heterocycles. The number of nitrogens with one attached hydrogen (secondary N) is 1. The zero-order valence-electron chi connectivity index (χ0n) is 15.8. The topological polar surface area (TPSA) is 72.1 Å². The fourth-order valence-electron chi connectivity index (χ4n) is 3.17. The average Bonchev–Trinajstić information content (AvgIpc) is 3.07. The zero-order valence-corrected chi connectivity index (χ0v) is 18.1. The molecule has 1 saturated heterocycles. The molecule has 1 aliphatic rings. The van der Waals surface area contributed by atoms with E-state index >= 15 is 0 Å². The van der Waals surface area contributed by atoms with Crippen molar-refractivity contribution in [3.05, 3.63) is 23.8 Å². The summed E-state index contributed by atoms with van der Waals surface area (Å²) in [4.78, 5) is 6.66. The highest BCUT2D eigenvalue weighted by molar-refractivity contribution is 14.0. The number of halogens is 3. The molecule has 154 valence electrons. The number of aliphatic imine (C=N–C) groups is 1. The second-order valence-electron chi connectivity index (χ2n) is 6.06. The molecular formula is C18H29F2IN4O2. The van der Waals surface area contributed by atoms with Gasteiger partial charge in [-0.15, -0.1) is 24.0 Å². The Morgan fingerprint density at radius 1 is 1.41 bits per heavy atom. The molecule has 1 aromatic rings. The van der Waals surface area contributed by atoms with Crippen LogP contribution in [-0.2, 0) is 6.54 Å². The van der Waals surface area contributed by atoms with Crippen LogP contribution in [-0.4, -0.2) is 49.8 Å². The van der Waals surface area contributed by atoms with Gasteiger partial charge in [-0.3, -0.25) is 4.90 Å². The molecule has 0 amide bonds. The van der Waals surface area contributed by atoms with Crippen LogP contribution >= 0.6 is 24.0 Å². The number of rotatable bonds is 9. The second-order valence-corrected chi connectivity index (χ2v) is 6.06. The van der Waals surface area contributed by atoms with Crippen molar-refractivity contribution in [2.75, 3.05) is 26.2 Å². The normalized spacial score (nSPS) is 17.7. The number of nitrogens with two attached hydrogens (primary N) is 1. The summed E-state index contributed by atoms with van der Waals surface area (Å²) in [7, 11) is 0. The van der Waals surface area contributed by atoms with Gasteiger partial charge in [0.25, 0.3) is 0 Å². The predicted octanol–water partition coefficient (Wildman–Crippen LogP) is 3.19. The Balaban J connectivity index is 0.00000364. The second kappa shape index (κ2) is 12.2. The molecule has 1 aliphatic heterocycles. The third-order valence-corrected chi connectivity index (χ3v) is 4.41. The number of ether oxygens (including phenoxy) is 2. The molecular weight excluding hydrogens is 469 g/mol. The number of hydrogen-bond acceptors (Lipinski definition) is 4. The van der Waals surface area contributed by atoms with E-state index in [-0.39, 0.29) is 48.0 Å². The first-order chi connectivity index (χ1) is 12.5. The number of benzene rings is 1. The van der Waals surface area contributed by atoms with E-state index in [1.54, 1.807) is 25.1 Å². The van der Waals surface area contributed by atoms with E-state index in [0.717, 1.165) is 26.1 Å². The zero-order chi connectivity index (χ0) is 18.9. The van der Waals surface area contributed by atoms with Crippen LogP contribution in [0.4, 0.5) is 8.78 Å². The van der Waals surface area contributed by atoms with Crippen molar-refractivity contribution < 1.29 is 18.3 Å². The molecule has 1 atom stereocenters. The molecule has 3 N–H and O–H groups in total. The van der Waals surface area contributed by atoms with Crippen LogP contribution in [0, 0.1) is 0 Å². The minimum Gasteiger partial charge on any atom is -0.490 e. The Hall–Kier alpha value is -1.36. The van der Waals surface area contributed by atoms with E-state index in [1.807, 2.05) is 0 Å². The minimum absolute atomic E-state index is 0. The van der Waals surface area contributed by atoms with Crippen LogP contribution in [0.3, 0.4) is 0 Å². The fraction of sp³-hybridized carbons (Fsp3) is 0.611. The summed E-state index contributed by atoms with van der Waals surface area (Å²) in [5.41, 5.74) is 6.43. The van der Waals surface area contributed by atoms with Gasteiger partial charge in [-0.1, -0.05) is 19.1 Å². The highest BCUT2D eigenvalue weighted by Crippen LogP contribution is 2.33. The van der Waals surface area contributed by atoms with Crippen LogP contribution in [0.5, 0.6) is 11.5 Å². The van der Waals surface area contributed by atoms with Crippen molar-refractivity contribution in [3.8, 4) is 11.5 Å². The number of guanidine groups is 1. The van der Waals surface area contributed by atoms with E-state index in [9.17, 15) is 8.78 Å². The largest absolute Gasteiger partial charge is 0.490 e. The van der Waals surface area contributed by atoms with E-state index in [0.29, 0.717) is 18.2 Å². The van der Waals surface area contributed by atoms with Crippen LogP contribution in [0.15, 0.2) is 23.2 Å². The predicted molar refractivity (Wildman–Crippen MR) is 113 cm³/mol. The summed E-state index contributed by atoms with van der Waals surface area (Å²) >= 11 is 0. The van der Waals surface area contributed by atoms with E-state index in [1.165, 1.54) is 6.42 Å². The average molecular weight is 498 g/mol. The molecule has 0 bridgehead atoms. The van der Waals surface area contributed by atoms with Crippen LogP contribution < -0.4 is 20.5 Å². The SMILES string of the molecule is CCOc1cccc(CN=C(N)NCC2CCCN2CC)c1OC(F)F.I. The number of alkyl halides is 2.